The largest absolute Gasteiger partial charge is 0.444 e. The van der Waals surface area contributed by atoms with Crippen molar-refractivity contribution in [2.45, 2.75) is 51.2 Å². The first-order valence-electron chi connectivity index (χ1n) is 5.92. The Balaban J connectivity index is 2.84. The van der Waals surface area contributed by atoms with E-state index in [9.17, 15) is 9.59 Å². The number of ether oxygens (including phenoxy) is 1. The number of rotatable bonds is 3. The van der Waals surface area contributed by atoms with Crippen molar-refractivity contribution >= 4 is 12.4 Å². The monoisotopic (exact) mass is 239 g/mol. The zero-order chi connectivity index (χ0) is 13.1. The van der Waals surface area contributed by atoms with E-state index >= 15 is 0 Å². The van der Waals surface area contributed by atoms with Gasteiger partial charge < -0.3 is 9.53 Å². The van der Waals surface area contributed by atoms with Crippen LogP contribution in [0.2, 0.25) is 0 Å². The summed E-state index contributed by atoms with van der Waals surface area (Å²) in [6.45, 7) is 9.67. The lowest BCUT2D eigenvalue weighted by atomic mass is 9.94. The molecule has 0 aromatic rings. The molecule has 0 radical (unpaired) electrons. The molecule has 1 fully saturated rings. The molecule has 0 spiro atoms. The van der Waals surface area contributed by atoms with Crippen molar-refractivity contribution in [3.8, 4) is 0 Å². The molecule has 17 heavy (non-hydrogen) atoms. The molecule has 1 rings (SSSR count). The maximum atomic E-state index is 12.0. The first kappa shape index (κ1) is 13.7. The molecule has 1 saturated heterocycles. The van der Waals surface area contributed by atoms with E-state index in [0.29, 0.717) is 19.4 Å². The molecule has 1 atom stereocenters. The van der Waals surface area contributed by atoms with Gasteiger partial charge in [-0.15, -0.1) is 6.58 Å². The molecule has 4 heteroatoms. The van der Waals surface area contributed by atoms with Crippen LogP contribution >= 0.6 is 0 Å². The highest BCUT2D eigenvalue weighted by Gasteiger charge is 2.44. The second-order valence-corrected chi connectivity index (χ2v) is 5.45. The Kier molecular flexibility index (Phi) is 3.96. The highest BCUT2D eigenvalue weighted by atomic mass is 16.6. The number of hydrogen-bond acceptors (Lipinski definition) is 3. The van der Waals surface area contributed by atoms with Gasteiger partial charge in [-0.25, -0.2) is 4.79 Å². The van der Waals surface area contributed by atoms with Crippen LogP contribution in [-0.2, 0) is 9.53 Å². The minimum atomic E-state index is -0.746. The number of nitrogens with zero attached hydrogens (tertiary/aromatic N) is 1. The first-order valence-corrected chi connectivity index (χ1v) is 5.92. The molecule has 0 aromatic carbocycles. The Morgan fingerprint density at radius 1 is 1.53 bits per heavy atom. The van der Waals surface area contributed by atoms with Gasteiger partial charge >= 0.3 is 6.09 Å². The third kappa shape index (κ3) is 3.08. The molecule has 1 heterocycles. The molecule has 1 amide bonds. The normalized spacial score (nSPS) is 24.5. The van der Waals surface area contributed by atoms with Gasteiger partial charge in [0, 0.05) is 6.54 Å². The van der Waals surface area contributed by atoms with Gasteiger partial charge in [0.05, 0.1) is 0 Å². The smallest absolute Gasteiger partial charge is 0.411 e. The van der Waals surface area contributed by atoms with E-state index in [1.54, 1.807) is 6.08 Å². The Bertz CT molecular complexity index is 319. The summed E-state index contributed by atoms with van der Waals surface area (Å²) in [4.78, 5) is 24.9. The molecule has 4 nitrogen and oxygen atoms in total. The fourth-order valence-corrected chi connectivity index (χ4v) is 2.12. The van der Waals surface area contributed by atoms with E-state index in [1.807, 2.05) is 20.8 Å². The highest BCUT2D eigenvalue weighted by molar-refractivity contribution is 5.78. The quantitative estimate of drug-likeness (QED) is 0.561. The second kappa shape index (κ2) is 4.90. The average molecular weight is 239 g/mol. The van der Waals surface area contributed by atoms with Crippen molar-refractivity contribution in [3.63, 3.8) is 0 Å². The summed E-state index contributed by atoms with van der Waals surface area (Å²) in [5, 5.41) is 0. The summed E-state index contributed by atoms with van der Waals surface area (Å²) in [5.74, 6) is 0. The SMILES string of the molecule is C=CCC1(C=O)CCCN1C(=O)OC(C)(C)C. The maximum absolute atomic E-state index is 12.0. The predicted molar refractivity (Wildman–Crippen MR) is 65.8 cm³/mol. The number of hydrogen-bond donors (Lipinski definition) is 0. The van der Waals surface area contributed by atoms with Crippen molar-refractivity contribution in [1.82, 2.24) is 4.90 Å². The predicted octanol–water partition coefficient (Wildman–Crippen LogP) is 2.53. The van der Waals surface area contributed by atoms with Crippen LogP contribution in [0.25, 0.3) is 0 Å². The van der Waals surface area contributed by atoms with Gasteiger partial charge in [-0.05, 0) is 40.0 Å². The van der Waals surface area contributed by atoms with Crippen molar-refractivity contribution in [1.29, 1.82) is 0 Å². The van der Waals surface area contributed by atoms with Crippen LogP contribution in [0.4, 0.5) is 4.79 Å². The summed E-state index contributed by atoms with van der Waals surface area (Å²) >= 11 is 0. The number of carbonyl (C=O) groups is 2. The van der Waals surface area contributed by atoms with Gasteiger partial charge in [0.1, 0.15) is 17.4 Å². The summed E-state index contributed by atoms with van der Waals surface area (Å²) in [6, 6.07) is 0. The minimum absolute atomic E-state index is 0.413. The molecule has 0 N–H and O–H groups in total. The lowest BCUT2D eigenvalue weighted by molar-refractivity contribution is -0.117. The Morgan fingerprint density at radius 2 is 2.18 bits per heavy atom. The fourth-order valence-electron chi connectivity index (χ4n) is 2.12. The Labute approximate surface area is 103 Å². The van der Waals surface area contributed by atoms with Crippen molar-refractivity contribution in [3.05, 3.63) is 12.7 Å². The molecule has 0 saturated carbocycles. The van der Waals surface area contributed by atoms with Crippen molar-refractivity contribution in [2.24, 2.45) is 0 Å². The van der Waals surface area contributed by atoms with E-state index in [0.717, 1.165) is 12.7 Å². The van der Waals surface area contributed by atoms with Crippen molar-refractivity contribution in [2.75, 3.05) is 6.54 Å². The van der Waals surface area contributed by atoms with E-state index < -0.39 is 17.2 Å². The van der Waals surface area contributed by atoms with Gasteiger partial charge in [0.15, 0.2) is 0 Å². The lowest BCUT2D eigenvalue weighted by Gasteiger charge is -2.34. The first-order chi connectivity index (χ1) is 7.84. The molecule has 0 aromatic heterocycles. The standard InChI is InChI=1S/C13H21NO3/c1-5-7-13(10-15)8-6-9-14(13)11(16)17-12(2,3)4/h5,10H,1,6-9H2,2-4H3. The number of amides is 1. The van der Waals surface area contributed by atoms with Crippen LogP contribution in [0, 0.1) is 0 Å². The van der Waals surface area contributed by atoms with Crippen LogP contribution in [0.5, 0.6) is 0 Å². The molecule has 1 unspecified atom stereocenters. The zero-order valence-corrected chi connectivity index (χ0v) is 10.9. The van der Waals surface area contributed by atoms with Gasteiger partial charge in [-0.1, -0.05) is 6.08 Å². The van der Waals surface area contributed by atoms with Gasteiger partial charge in [-0.3, -0.25) is 4.90 Å². The Hall–Kier alpha value is -1.32. The van der Waals surface area contributed by atoms with Gasteiger partial charge in [0.25, 0.3) is 0 Å². The topological polar surface area (TPSA) is 46.6 Å². The van der Waals surface area contributed by atoms with Crippen LogP contribution in [0.3, 0.4) is 0 Å². The average Bonchev–Trinajstić information content (AvgIpc) is 2.60. The number of carbonyl (C=O) groups excluding carboxylic acids is 2. The summed E-state index contributed by atoms with van der Waals surface area (Å²) in [5.41, 5.74) is -1.29. The summed E-state index contributed by atoms with van der Waals surface area (Å²) in [6.07, 6.45) is 4.11. The lowest BCUT2D eigenvalue weighted by Crippen LogP contribution is -2.50. The molecular weight excluding hydrogens is 218 g/mol. The maximum Gasteiger partial charge on any atom is 0.411 e. The minimum Gasteiger partial charge on any atom is -0.444 e. The van der Waals surface area contributed by atoms with Crippen LogP contribution in [0.15, 0.2) is 12.7 Å². The van der Waals surface area contributed by atoms with Crippen molar-refractivity contribution < 1.29 is 14.3 Å². The van der Waals surface area contributed by atoms with E-state index in [-0.39, 0.29) is 0 Å². The van der Waals surface area contributed by atoms with Gasteiger partial charge in [-0.2, -0.15) is 0 Å². The summed E-state index contributed by atoms with van der Waals surface area (Å²) < 4.78 is 5.32. The molecule has 96 valence electrons. The molecule has 1 aliphatic rings. The third-order valence-corrected chi connectivity index (χ3v) is 2.86. The second-order valence-electron chi connectivity index (χ2n) is 5.45. The molecule has 1 aliphatic heterocycles. The number of aldehydes is 1. The van der Waals surface area contributed by atoms with Crippen LogP contribution < -0.4 is 0 Å². The van der Waals surface area contributed by atoms with Crippen LogP contribution in [-0.4, -0.2) is 35.0 Å². The molecule has 0 aliphatic carbocycles. The molecular formula is C13H21NO3. The van der Waals surface area contributed by atoms with Crippen LogP contribution in [0.1, 0.15) is 40.0 Å². The molecule has 0 bridgehead atoms. The fraction of sp³-hybridized carbons (Fsp3) is 0.692. The zero-order valence-electron chi connectivity index (χ0n) is 10.9. The summed E-state index contributed by atoms with van der Waals surface area (Å²) in [7, 11) is 0. The Morgan fingerprint density at radius 3 is 2.65 bits per heavy atom. The van der Waals surface area contributed by atoms with E-state index in [2.05, 4.69) is 6.58 Å². The van der Waals surface area contributed by atoms with E-state index in [1.165, 1.54) is 4.90 Å². The third-order valence-electron chi connectivity index (χ3n) is 2.86. The highest BCUT2D eigenvalue weighted by Crippen LogP contribution is 2.32. The van der Waals surface area contributed by atoms with Gasteiger partial charge in [0.2, 0.25) is 0 Å². The number of likely N-dealkylation sites (tertiary alicyclic amines) is 1. The van der Waals surface area contributed by atoms with E-state index in [4.69, 9.17) is 4.74 Å².